The van der Waals surface area contributed by atoms with E-state index in [0.717, 1.165) is 5.75 Å². The molecule has 1 aromatic carbocycles. The van der Waals surface area contributed by atoms with Crippen LogP contribution in [0.5, 0.6) is 5.75 Å². The summed E-state index contributed by atoms with van der Waals surface area (Å²) in [5.74, 6) is 0.753. The molecule has 0 spiro atoms. The van der Waals surface area contributed by atoms with Gasteiger partial charge in [-0.1, -0.05) is 12.1 Å². The van der Waals surface area contributed by atoms with Gasteiger partial charge in [0, 0.05) is 0 Å². The second kappa shape index (κ2) is 3.13. The topological polar surface area (TPSA) is 55.5 Å². The molecule has 1 rings (SSSR count). The molecule has 0 aliphatic carbocycles. The van der Waals surface area contributed by atoms with Gasteiger partial charge in [0.15, 0.2) is 0 Å². The zero-order valence-corrected chi connectivity index (χ0v) is 7.24. The van der Waals surface area contributed by atoms with Crippen LogP contribution in [0.25, 0.3) is 0 Å². The fraction of sp³-hybridized carbons (Fsp3) is 0.333. The molecule has 1 unspecified atom stereocenters. The SMILES string of the molecule is COc1ccc(C(C)(N)O)cc1. The highest BCUT2D eigenvalue weighted by Crippen LogP contribution is 2.17. The lowest BCUT2D eigenvalue weighted by atomic mass is 10.1. The zero-order chi connectivity index (χ0) is 9.19. The van der Waals surface area contributed by atoms with Crippen molar-refractivity contribution in [3.05, 3.63) is 29.8 Å². The van der Waals surface area contributed by atoms with Gasteiger partial charge in [-0.15, -0.1) is 0 Å². The Balaban J connectivity index is 2.93. The number of benzene rings is 1. The Hall–Kier alpha value is -1.06. The van der Waals surface area contributed by atoms with E-state index in [9.17, 15) is 5.11 Å². The van der Waals surface area contributed by atoms with Crippen LogP contribution < -0.4 is 10.5 Å². The lowest BCUT2D eigenvalue weighted by molar-refractivity contribution is 0.0647. The van der Waals surface area contributed by atoms with E-state index >= 15 is 0 Å². The largest absolute Gasteiger partial charge is 0.497 e. The maximum Gasteiger partial charge on any atom is 0.136 e. The van der Waals surface area contributed by atoms with Crippen LogP contribution in [0.15, 0.2) is 24.3 Å². The summed E-state index contributed by atoms with van der Waals surface area (Å²) in [7, 11) is 1.59. The molecule has 0 bridgehead atoms. The molecule has 0 heterocycles. The maximum atomic E-state index is 9.39. The maximum absolute atomic E-state index is 9.39. The summed E-state index contributed by atoms with van der Waals surface area (Å²) in [6.45, 7) is 1.54. The summed E-state index contributed by atoms with van der Waals surface area (Å²) in [6.07, 6.45) is 0. The monoisotopic (exact) mass is 167 g/mol. The van der Waals surface area contributed by atoms with Gasteiger partial charge in [-0.05, 0) is 24.6 Å². The molecule has 0 amide bonds. The number of rotatable bonds is 2. The van der Waals surface area contributed by atoms with Crippen molar-refractivity contribution in [2.45, 2.75) is 12.6 Å². The van der Waals surface area contributed by atoms with E-state index in [-0.39, 0.29) is 0 Å². The van der Waals surface area contributed by atoms with Crippen molar-refractivity contribution < 1.29 is 9.84 Å². The third-order valence-electron chi connectivity index (χ3n) is 1.67. The van der Waals surface area contributed by atoms with E-state index in [4.69, 9.17) is 10.5 Å². The fourth-order valence-electron chi connectivity index (χ4n) is 0.928. The molecule has 1 aromatic rings. The Morgan fingerprint density at radius 2 is 1.83 bits per heavy atom. The second-order valence-electron chi connectivity index (χ2n) is 2.88. The first-order valence-corrected chi connectivity index (χ1v) is 3.70. The van der Waals surface area contributed by atoms with Gasteiger partial charge in [-0.25, -0.2) is 0 Å². The summed E-state index contributed by atoms with van der Waals surface area (Å²) >= 11 is 0. The Morgan fingerprint density at radius 1 is 1.33 bits per heavy atom. The number of aliphatic hydroxyl groups is 1. The van der Waals surface area contributed by atoms with E-state index in [1.54, 1.807) is 31.4 Å². The highest BCUT2D eigenvalue weighted by molar-refractivity contribution is 5.29. The summed E-state index contributed by atoms with van der Waals surface area (Å²) in [5, 5.41) is 9.39. The van der Waals surface area contributed by atoms with Gasteiger partial charge < -0.3 is 15.6 Å². The minimum atomic E-state index is -1.27. The fourth-order valence-corrected chi connectivity index (χ4v) is 0.928. The molecule has 3 N–H and O–H groups in total. The molecule has 0 radical (unpaired) electrons. The van der Waals surface area contributed by atoms with Gasteiger partial charge in [0.2, 0.25) is 0 Å². The average Bonchev–Trinajstić information content (AvgIpc) is 2.03. The predicted molar refractivity (Wildman–Crippen MR) is 46.8 cm³/mol. The first-order valence-electron chi connectivity index (χ1n) is 3.70. The van der Waals surface area contributed by atoms with Crippen molar-refractivity contribution in [2.75, 3.05) is 7.11 Å². The third-order valence-corrected chi connectivity index (χ3v) is 1.67. The minimum absolute atomic E-state index is 0.670. The van der Waals surface area contributed by atoms with Crippen LogP contribution in [0.1, 0.15) is 12.5 Å². The lowest BCUT2D eigenvalue weighted by Crippen LogP contribution is -2.31. The van der Waals surface area contributed by atoms with Crippen molar-refractivity contribution in [1.29, 1.82) is 0 Å². The minimum Gasteiger partial charge on any atom is -0.497 e. The normalized spacial score (nSPS) is 15.3. The Kier molecular flexibility index (Phi) is 2.35. The van der Waals surface area contributed by atoms with Crippen molar-refractivity contribution in [2.24, 2.45) is 5.73 Å². The van der Waals surface area contributed by atoms with Gasteiger partial charge in [0.1, 0.15) is 11.5 Å². The highest BCUT2D eigenvalue weighted by Gasteiger charge is 2.15. The molecule has 0 aliphatic rings. The van der Waals surface area contributed by atoms with Crippen LogP contribution in [0.4, 0.5) is 0 Å². The van der Waals surface area contributed by atoms with Crippen LogP contribution in [0.3, 0.4) is 0 Å². The van der Waals surface area contributed by atoms with Crippen LogP contribution in [-0.4, -0.2) is 12.2 Å². The molecule has 0 aromatic heterocycles. The molecule has 12 heavy (non-hydrogen) atoms. The number of hydrogen-bond donors (Lipinski definition) is 2. The first-order chi connectivity index (χ1) is 5.54. The molecule has 0 fully saturated rings. The van der Waals surface area contributed by atoms with Crippen molar-refractivity contribution in [3.8, 4) is 5.75 Å². The van der Waals surface area contributed by atoms with Gasteiger partial charge in [-0.2, -0.15) is 0 Å². The number of ether oxygens (including phenoxy) is 1. The van der Waals surface area contributed by atoms with E-state index in [0.29, 0.717) is 5.56 Å². The Morgan fingerprint density at radius 3 is 2.17 bits per heavy atom. The molecule has 0 aliphatic heterocycles. The van der Waals surface area contributed by atoms with Gasteiger partial charge in [0.05, 0.1) is 7.11 Å². The average molecular weight is 167 g/mol. The Labute approximate surface area is 71.8 Å². The van der Waals surface area contributed by atoms with Gasteiger partial charge in [-0.3, -0.25) is 0 Å². The van der Waals surface area contributed by atoms with Crippen LogP contribution in [-0.2, 0) is 5.72 Å². The molecular formula is C9H13NO2. The second-order valence-corrected chi connectivity index (χ2v) is 2.88. The van der Waals surface area contributed by atoms with E-state index < -0.39 is 5.72 Å². The molecule has 66 valence electrons. The summed E-state index contributed by atoms with van der Waals surface area (Å²) in [5.41, 5.74) is 4.86. The van der Waals surface area contributed by atoms with E-state index in [2.05, 4.69) is 0 Å². The van der Waals surface area contributed by atoms with Gasteiger partial charge >= 0.3 is 0 Å². The number of methoxy groups -OCH3 is 1. The third kappa shape index (κ3) is 1.96. The van der Waals surface area contributed by atoms with Crippen LogP contribution in [0, 0.1) is 0 Å². The first kappa shape index (κ1) is 9.03. The molecule has 3 heteroatoms. The van der Waals surface area contributed by atoms with Crippen molar-refractivity contribution in [1.82, 2.24) is 0 Å². The number of nitrogens with two attached hydrogens (primary N) is 1. The molecule has 0 saturated heterocycles. The summed E-state index contributed by atoms with van der Waals surface area (Å²) in [4.78, 5) is 0. The highest BCUT2D eigenvalue weighted by atomic mass is 16.5. The predicted octanol–water partition coefficient (Wildman–Crippen LogP) is 0.819. The lowest BCUT2D eigenvalue weighted by Gasteiger charge is -2.17. The summed E-state index contributed by atoms with van der Waals surface area (Å²) in [6, 6.07) is 6.99. The van der Waals surface area contributed by atoms with E-state index in [1.807, 2.05) is 0 Å². The molecule has 0 saturated carbocycles. The molecule has 1 atom stereocenters. The Bertz CT molecular complexity index is 248. The smallest absolute Gasteiger partial charge is 0.136 e. The quantitative estimate of drug-likeness (QED) is 0.641. The number of hydrogen-bond acceptors (Lipinski definition) is 3. The van der Waals surface area contributed by atoms with Crippen molar-refractivity contribution in [3.63, 3.8) is 0 Å². The van der Waals surface area contributed by atoms with Gasteiger partial charge in [0.25, 0.3) is 0 Å². The standard InChI is InChI=1S/C9H13NO2/c1-9(10,11)7-3-5-8(12-2)6-4-7/h3-6,11H,10H2,1-2H3. The van der Waals surface area contributed by atoms with Crippen LogP contribution in [0.2, 0.25) is 0 Å². The molecular weight excluding hydrogens is 154 g/mol. The van der Waals surface area contributed by atoms with Crippen molar-refractivity contribution >= 4 is 0 Å². The van der Waals surface area contributed by atoms with E-state index in [1.165, 1.54) is 6.92 Å². The zero-order valence-electron chi connectivity index (χ0n) is 7.24. The van der Waals surface area contributed by atoms with Crippen LogP contribution >= 0.6 is 0 Å². The summed E-state index contributed by atoms with van der Waals surface area (Å²) < 4.78 is 4.96. The molecule has 3 nitrogen and oxygen atoms in total.